The molecule has 0 radical (unpaired) electrons. The summed E-state index contributed by atoms with van der Waals surface area (Å²) >= 11 is 0. The standard InChI is InChI=1S/C14H17FN2O4/c15-10-3-4-12(11(6-10)13(18)19)17-14(20)16-7-9-2-1-5-21-8-9/h3-4,6,9H,1-2,5,7-8H2,(H,18,19)(H2,16,17,20). The Labute approximate surface area is 121 Å². The first-order valence-corrected chi connectivity index (χ1v) is 6.71. The van der Waals surface area contributed by atoms with Gasteiger partial charge in [0.15, 0.2) is 0 Å². The number of halogens is 1. The van der Waals surface area contributed by atoms with Crippen LogP contribution in [0.5, 0.6) is 0 Å². The van der Waals surface area contributed by atoms with E-state index in [1.807, 2.05) is 0 Å². The van der Waals surface area contributed by atoms with Crippen LogP contribution in [0.1, 0.15) is 23.2 Å². The normalized spacial score (nSPS) is 18.0. The van der Waals surface area contributed by atoms with E-state index in [1.54, 1.807) is 0 Å². The van der Waals surface area contributed by atoms with Crippen LogP contribution in [0, 0.1) is 11.7 Å². The van der Waals surface area contributed by atoms with Crippen LogP contribution in [0.2, 0.25) is 0 Å². The number of urea groups is 1. The second kappa shape index (κ2) is 7.03. The molecule has 7 heteroatoms. The number of rotatable bonds is 4. The van der Waals surface area contributed by atoms with Crippen molar-refractivity contribution in [2.45, 2.75) is 12.8 Å². The predicted molar refractivity (Wildman–Crippen MR) is 73.9 cm³/mol. The number of aromatic carboxylic acids is 1. The Kier molecular flexibility index (Phi) is 5.10. The van der Waals surface area contributed by atoms with Crippen LogP contribution in [0.15, 0.2) is 18.2 Å². The number of nitrogens with one attached hydrogen (secondary N) is 2. The Bertz CT molecular complexity index is 530. The summed E-state index contributed by atoms with van der Waals surface area (Å²) in [4.78, 5) is 22.8. The van der Waals surface area contributed by atoms with Crippen LogP contribution >= 0.6 is 0 Å². The number of ether oxygens (including phenoxy) is 1. The molecule has 0 saturated carbocycles. The van der Waals surface area contributed by atoms with Crippen molar-refractivity contribution in [1.82, 2.24) is 5.32 Å². The third-order valence-corrected chi connectivity index (χ3v) is 3.27. The van der Waals surface area contributed by atoms with Crippen LogP contribution in [0.4, 0.5) is 14.9 Å². The van der Waals surface area contributed by atoms with Gasteiger partial charge in [0.25, 0.3) is 0 Å². The lowest BCUT2D eigenvalue weighted by Crippen LogP contribution is -2.36. The molecule has 0 aromatic heterocycles. The largest absolute Gasteiger partial charge is 0.478 e. The molecular weight excluding hydrogens is 279 g/mol. The van der Waals surface area contributed by atoms with Crippen LogP contribution < -0.4 is 10.6 Å². The number of carbonyl (C=O) groups is 2. The summed E-state index contributed by atoms with van der Waals surface area (Å²) in [5, 5.41) is 14.1. The number of carboxylic acids is 1. The second-order valence-corrected chi connectivity index (χ2v) is 4.91. The number of carboxylic acid groups (broad SMARTS) is 1. The molecule has 21 heavy (non-hydrogen) atoms. The highest BCUT2D eigenvalue weighted by Crippen LogP contribution is 2.17. The van der Waals surface area contributed by atoms with E-state index in [9.17, 15) is 14.0 Å². The summed E-state index contributed by atoms with van der Waals surface area (Å²) in [6.07, 6.45) is 1.95. The first kappa shape index (κ1) is 15.2. The quantitative estimate of drug-likeness (QED) is 0.793. The fourth-order valence-electron chi connectivity index (χ4n) is 2.17. The summed E-state index contributed by atoms with van der Waals surface area (Å²) < 4.78 is 18.3. The molecule has 3 N–H and O–H groups in total. The highest BCUT2D eigenvalue weighted by atomic mass is 19.1. The minimum absolute atomic E-state index is 0.0568. The van der Waals surface area contributed by atoms with Gasteiger partial charge in [0, 0.05) is 13.2 Å². The van der Waals surface area contributed by atoms with Crippen molar-refractivity contribution in [1.29, 1.82) is 0 Å². The molecule has 2 amide bonds. The molecule has 1 unspecified atom stereocenters. The molecule has 1 heterocycles. The molecular formula is C14H17FN2O4. The average molecular weight is 296 g/mol. The van der Waals surface area contributed by atoms with Gasteiger partial charge < -0.3 is 20.5 Å². The van der Waals surface area contributed by atoms with Crippen molar-refractivity contribution in [3.63, 3.8) is 0 Å². The van der Waals surface area contributed by atoms with Crippen molar-refractivity contribution in [3.8, 4) is 0 Å². The van der Waals surface area contributed by atoms with Gasteiger partial charge >= 0.3 is 12.0 Å². The molecule has 1 aliphatic rings. The third kappa shape index (κ3) is 4.42. The van der Waals surface area contributed by atoms with Gasteiger partial charge in [-0.15, -0.1) is 0 Å². The maximum Gasteiger partial charge on any atom is 0.337 e. The molecule has 6 nitrogen and oxygen atoms in total. The molecule has 2 rings (SSSR count). The first-order chi connectivity index (χ1) is 10.1. The number of carbonyl (C=O) groups excluding carboxylic acids is 1. The zero-order valence-corrected chi connectivity index (χ0v) is 11.4. The third-order valence-electron chi connectivity index (χ3n) is 3.27. The van der Waals surface area contributed by atoms with Gasteiger partial charge in [-0.25, -0.2) is 14.0 Å². The van der Waals surface area contributed by atoms with Gasteiger partial charge in [0.05, 0.1) is 17.9 Å². The van der Waals surface area contributed by atoms with Crippen molar-refractivity contribution in [2.24, 2.45) is 5.92 Å². The van der Waals surface area contributed by atoms with E-state index in [1.165, 1.54) is 6.07 Å². The van der Waals surface area contributed by atoms with E-state index in [4.69, 9.17) is 9.84 Å². The molecule has 114 valence electrons. The van der Waals surface area contributed by atoms with Crippen LogP contribution in [-0.4, -0.2) is 36.9 Å². The maximum absolute atomic E-state index is 13.0. The Hall–Kier alpha value is -2.15. The summed E-state index contributed by atoms with van der Waals surface area (Å²) in [7, 11) is 0. The predicted octanol–water partition coefficient (Wildman–Crippen LogP) is 2.07. The zero-order valence-electron chi connectivity index (χ0n) is 11.4. The fraction of sp³-hybridized carbons (Fsp3) is 0.429. The van der Waals surface area contributed by atoms with Crippen LogP contribution in [-0.2, 0) is 4.74 Å². The highest BCUT2D eigenvalue weighted by Gasteiger charge is 2.16. The van der Waals surface area contributed by atoms with E-state index >= 15 is 0 Å². The molecule has 1 aromatic carbocycles. The smallest absolute Gasteiger partial charge is 0.337 e. The van der Waals surface area contributed by atoms with Crippen molar-refractivity contribution >= 4 is 17.7 Å². The lowest BCUT2D eigenvalue weighted by atomic mass is 10.0. The molecule has 0 spiro atoms. The molecule has 1 aromatic rings. The van der Waals surface area contributed by atoms with Gasteiger partial charge in [0.2, 0.25) is 0 Å². The maximum atomic E-state index is 13.0. The summed E-state index contributed by atoms with van der Waals surface area (Å²) in [5.74, 6) is -1.71. The molecule has 1 atom stereocenters. The fourth-order valence-corrected chi connectivity index (χ4v) is 2.17. The molecule has 1 fully saturated rings. The highest BCUT2D eigenvalue weighted by molar-refractivity contribution is 5.99. The van der Waals surface area contributed by atoms with Crippen molar-refractivity contribution < 1.29 is 23.8 Å². The van der Waals surface area contributed by atoms with E-state index in [2.05, 4.69) is 10.6 Å². The van der Waals surface area contributed by atoms with E-state index < -0.39 is 17.8 Å². The second-order valence-electron chi connectivity index (χ2n) is 4.91. The van der Waals surface area contributed by atoms with Gasteiger partial charge in [0.1, 0.15) is 5.82 Å². The van der Waals surface area contributed by atoms with Crippen molar-refractivity contribution in [3.05, 3.63) is 29.6 Å². The summed E-state index contributed by atoms with van der Waals surface area (Å²) in [5.41, 5.74) is -0.229. The lowest BCUT2D eigenvalue weighted by molar-refractivity contribution is 0.0559. The van der Waals surface area contributed by atoms with Gasteiger partial charge in [-0.2, -0.15) is 0 Å². The van der Waals surface area contributed by atoms with Gasteiger partial charge in [-0.1, -0.05) is 0 Å². The van der Waals surface area contributed by atoms with Gasteiger partial charge in [-0.05, 0) is 37.0 Å². The number of amides is 2. The number of anilines is 1. The van der Waals surface area contributed by atoms with E-state index in [0.29, 0.717) is 13.2 Å². The molecule has 0 bridgehead atoms. The minimum Gasteiger partial charge on any atom is -0.478 e. The lowest BCUT2D eigenvalue weighted by Gasteiger charge is -2.22. The number of hydrogen-bond acceptors (Lipinski definition) is 3. The minimum atomic E-state index is -1.30. The van der Waals surface area contributed by atoms with E-state index in [0.717, 1.165) is 31.6 Å². The number of benzene rings is 1. The molecule has 1 saturated heterocycles. The number of hydrogen-bond donors (Lipinski definition) is 3. The first-order valence-electron chi connectivity index (χ1n) is 6.71. The summed E-state index contributed by atoms with van der Waals surface area (Å²) in [6.45, 7) is 1.81. The Balaban J connectivity index is 1.91. The Morgan fingerprint density at radius 1 is 1.43 bits per heavy atom. The zero-order chi connectivity index (χ0) is 15.2. The summed E-state index contributed by atoms with van der Waals surface area (Å²) in [6, 6.07) is 2.67. The molecule has 1 aliphatic heterocycles. The van der Waals surface area contributed by atoms with Crippen LogP contribution in [0.3, 0.4) is 0 Å². The SMILES string of the molecule is O=C(NCC1CCCOC1)Nc1ccc(F)cc1C(=O)O. The topological polar surface area (TPSA) is 87.7 Å². The Morgan fingerprint density at radius 3 is 2.90 bits per heavy atom. The average Bonchev–Trinajstić information content (AvgIpc) is 2.48. The van der Waals surface area contributed by atoms with Crippen molar-refractivity contribution in [2.75, 3.05) is 25.1 Å². The molecule has 0 aliphatic carbocycles. The van der Waals surface area contributed by atoms with Gasteiger partial charge in [-0.3, -0.25) is 0 Å². The monoisotopic (exact) mass is 296 g/mol. The van der Waals surface area contributed by atoms with Crippen LogP contribution in [0.25, 0.3) is 0 Å². The Morgan fingerprint density at radius 2 is 2.24 bits per heavy atom. The van der Waals surface area contributed by atoms with E-state index in [-0.39, 0.29) is 17.2 Å².